The SMILES string of the molecule is CN1CCCC(C(=O)NCCSCc2c(F)cccc2Cl)C1. The van der Waals surface area contributed by atoms with Crippen LogP contribution in [0.1, 0.15) is 18.4 Å². The Kier molecular flexibility index (Phi) is 6.99. The van der Waals surface area contributed by atoms with Crippen LogP contribution in [0, 0.1) is 11.7 Å². The van der Waals surface area contributed by atoms with E-state index in [1.165, 1.54) is 6.07 Å². The lowest BCUT2D eigenvalue weighted by Crippen LogP contribution is -2.41. The highest BCUT2D eigenvalue weighted by Gasteiger charge is 2.23. The van der Waals surface area contributed by atoms with E-state index < -0.39 is 0 Å². The zero-order chi connectivity index (χ0) is 15.9. The Morgan fingerprint density at radius 3 is 3.09 bits per heavy atom. The predicted octanol–water partition coefficient (Wildman–Crippen LogP) is 3.17. The van der Waals surface area contributed by atoms with E-state index in [2.05, 4.69) is 10.2 Å². The highest BCUT2D eigenvalue weighted by atomic mass is 35.5. The van der Waals surface area contributed by atoms with Gasteiger partial charge in [0.2, 0.25) is 5.91 Å². The van der Waals surface area contributed by atoms with E-state index in [4.69, 9.17) is 11.6 Å². The summed E-state index contributed by atoms with van der Waals surface area (Å²) in [5.41, 5.74) is 0.536. The zero-order valence-corrected chi connectivity index (χ0v) is 14.4. The van der Waals surface area contributed by atoms with Crippen LogP contribution in [-0.4, -0.2) is 43.2 Å². The first-order chi connectivity index (χ1) is 10.6. The fourth-order valence-electron chi connectivity index (χ4n) is 2.62. The Bertz CT molecular complexity index is 495. The Labute approximate surface area is 140 Å². The van der Waals surface area contributed by atoms with Crippen molar-refractivity contribution in [3.05, 3.63) is 34.6 Å². The van der Waals surface area contributed by atoms with Crippen LogP contribution >= 0.6 is 23.4 Å². The topological polar surface area (TPSA) is 32.3 Å². The maximum absolute atomic E-state index is 13.6. The predicted molar refractivity (Wildman–Crippen MR) is 90.8 cm³/mol. The molecule has 1 aromatic carbocycles. The molecule has 0 spiro atoms. The first-order valence-electron chi connectivity index (χ1n) is 7.55. The molecule has 6 heteroatoms. The Morgan fingerprint density at radius 2 is 2.36 bits per heavy atom. The number of carbonyl (C=O) groups excluding carboxylic acids is 1. The van der Waals surface area contributed by atoms with Crippen molar-refractivity contribution in [3.63, 3.8) is 0 Å². The van der Waals surface area contributed by atoms with Crippen LogP contribution in [0.5, 0.6) is 0 Å². The molecule has 22 heavy (non-hydrogen) atoms. The maximum Gasteiger partial charge on any atom is 0.224 e. The minimum absolute atomic E-state index is 0.102. The number of hydrogen-bond acceptors (Lipinski definition) is 3. The molecule has 1 aromatic rings. The summed E-state index contributed by atoms with van der Waals surface area (Å²) < 4.78 is 13.6. The van der Waals surface area contributed by atoms with Gasteiger partial charge in [0.25, 0.3) is 0 Å². The third-order valence-electron chi connectivity index (χ3n) is 3.85. The maximum atomic E-state index is 13.6. The van der Waals surface area contributed by atoms with Crippen LogP contribution in [0.25, 0.3) is 0 Å². The largest absolute Gasteiger partial charge is 0.355 e. The number of amides is 1. The van der Waals surface area contributed by atoms with Crippen LogP contribution in [-0.2, 0) is 10.5 Å². The second kappa shape index (κ2) is 8.75. The summed E-state index contributed by atoms with van der Waals surface area (Å²) in [7, 11) is 2.05. The molecule has 0 aliphatic carbocycles. The number of hydrogen-bond donors (Lipinski definition) is 1. The lowest BCUT2D eigenvalue weighted by molar-refractivity contribution is -0.126. The summed E-state index contributed by atoms with van der Waals surface area (Å²) in [5, 5.41) is 3.44. The summed E-state index contributed by atoms with van der Waals surface area (Å²) in [6.45, 7) is 2.52. The molecule has 0 radical (unpaired) electrons. The van der Waals surface area contributed by atoms with E-state index in [1.807, 2.05) is 7.05 Å². The van der Waals surface area contributed by atoms with E-state index in [1.54, 1.807) is 23.9 Å². The zero-order valence-electron chi connectivity index (χ0n) is 12.8. The highest BCUT2D eigenvalue weighted by Crippen LogP contribution is 2.23. The van der Waals surface area contributed by atoms with Crippen molar-refractivity contribution in [1.82, 2.24) is 10.2 Å². The number of nitrogens with one attached hydrogen (secondary N) is 1. The van der Waals surface area contributed by atoms with Gasteiger partial charge in [0.05, 0.1) is 5.92 Å². The lowest BCUT2D eigenvalue weighted by Gasteiger charge is -2.28. The number of likely N-dealkylation sites (tertiary alicyclic amines) is 1. The van der Waals surface area contributed by atoms with Gasteiger partial charge in [0, 0.05) is 35.2 Å². The van der Waals surface area contributed by atoms with Crippen molar-refractivity contribution in [1.29, 1.82) is 0 Å². The van der Waals surface area contributed by atoms with Gasteiger partial charge >= 0.3 is 0 Å². The minimum atomic E-state index is -0.269. The molecule has 1 atom stereocenters. The van der Waals surface area contributed by atoms with E-state index in [-0.39, 0.29) is 17.6 Å². The Morgan fingerprint density at radius 1 is 1.55 bits per heavy atom. The molecule has 1 unspecified atom stereocenters. The number of thioether (sulfide) groups is 1. The molecule has 1 aliphatic heterocycles. The van der Waals surface area contributed by atoms with E-state index >= 15 is 0 Å². The Hall–Kier alpha value is -0.780. The van der Waals surface area contributed by atoms with Crippen LogP contribution < -0.4 is 5.32 Å². The van der Waals surface area contributed by atoms with Crippen molar-refractivity contribution in [3.8, 4) is 0 Å². The van der Waals surface area contributed by atoms with Gasteiger partial charge in [0.1, 0.15) is 5.82 Å². The average Bonchev–Trinajstić information content (AvgIpc) is 2.49. The molecule has 3 nitrogen and oxygen atoms in total. The lowest BCUT2D eigenvalue weighted by atomic mass is 9.98. The number of halogens is 2. The van der Waals surface area contributed by atoms with Gasteiger partial charge in [-0.15, -0.1) is 0 Å². The van der Waals surface area contributed by atoms with Gasteiger partial charge in [0.15, 0.2) is 0 Å². The molecule has 2 rings (SSSR count). The smallest absolute Gasteiger partial charge is 0.224 e. The number of carbonyl (C=O) groups is 1. The number of rotatable bonds is 6. The highest BCUT2D eigenvalue weighted by molar-refractivity contribution is 7.98. The van der Waals surface area contributed by atoms with Crippen LogP contribution in [0.3, 0.4) is 0 Å². The monoisotopic (exact) mass is 344 g/mol. The summed E-state index contributed by atoms with van der Waals surface area (Å²) >= 11 is 7.55. The van der Waals surface area contributed by atoms with Crippen molar-refractivity contribution in [2.75, 3.05) is 32.4 Å². The third-order valence-corrected chi connectivity index (χ3v) is 5.19. The number of benzene rings is 1. The molecule has 1 aliphatic rings. The number of nitrogens with zero attached hydrogens (tertiary/aromatic N) is 1. The summed E-state index contributed by atoms with van der Waals surface area (Å²) in [4.78, 5) is 14.3. The van der Waals surface area contributed by atoms with E-state index in [0.29, 0.717) is 22.9 Å². The fraction of sp³-hybridized carbons (Fsp3) is 0.562. The molecule has 1 saturated heterocycles. The fourth-order valence-corrected chi connectivity index (χ4v) is 3.81. The standard InChI is InChI=1S/C16H22ClFN2OS/c1-20-8-3-4-12(10-20)16(21)19-7-9-22-11-13-14(17)5-2-6-15(13)18/h2,5-6,12H,3-4,7-11H2,1H3,(H,19,21). The second-order valence-electron chi connectivity index (χ2n) is 5.65. The first kappa shape index (κ1) is 17.6. The van der Waals surface area contributed by atoms with Crippen LogP contribution in [0.15, 0.2) is 18.2 Å². The summed E-state index contributed by atoms with van der Waals surface area (Å²) in [6, 6.07) is 4.72. The summed E-state index contributed by atoms with van der Waals surface area (Å²) in [5.74, 6) is 1.24. The van der Waals surface area contributed by atoms with Crippen molar-refractivity contribution in [2.24, 2.45) is 5.92 Å². The molecule has 0 bridgehead atoms. The molecule has 122 valence electrons. The molecule has 0 aromatic heterocycles. The van der Waals surface area contributed by atoms with Crippen LogP contribution in [0.2, 0.25) is 5.02 Å². The average molecular weight is 345 g/mol. The normalized spacial score (nSPS) is 19.1. The van der Waals surface area contributed by atoms with E-state index in [0.717, 1.165) is 31.7 Å². The molecule has 1 amide bonds. The molecule has 1 heterocycles. The van der Waals surface area contributed by atoms with Gasteiger partial charge in [-0.05, 0) is 38.6 Å². The van der Waals surface area contributed by atoms with Gasteiger partial charge in [-0.3, -0.25) is 4.79 Å². The quantitative estimate of drug-likeness (QED) is 0.804. The summed E-state index contributed by atoms with van der Waals surface area (Å²) in [6.07, 6.45) is 2.04. The van der Waals surface area contributed by atoms with Gasteiger partial charge in [-0.1, -0.05) is 17.7 Å². The van der Waals surface area contributed by atoms with Crippen LogP contribution in [0.4, 0.5) is 4.39 Å². The molecular formula is C16H22ClFN2OS. The van der Waals surface area contributed by atoms with Crippen molar-refractivity contribution < 1.29 is 9.18 Å². The Balaban J connectivity index is 1.66. The minimum Gasteiger partial charge on any atom is -0.355 e. The van der Waals surface area contributed by atoms with E-state index in [9.17, 15) is 9.18 Å². The van der Waals surface area contributed by atoms with Crippen molar-refractivity contribution in [2.45, 2.75) is 18.6 Å². The van der Waals surface area contributed by atoms with Gasteiger partial charge in [-0.2, -0.15) is 11.8 Å². The number of piperidine rings is 1. The van der Waals surface area contributed by atoms with Gasteiger partial charge in [-0.25, -0.2) is 4.39 Å². The molecule has 1 fully saturated rings. The van der Waals surface area contributed by atoms with Crippen molar-refractivity contribution >= 4 is 29.3 Å². The molecule has 0 saturated carbocycles. The first-order valence-corrected chi connectivity index (χ1v) is 9.08. The molecule has 1 N–H and O–H groups in total. The second-order valence-corrected chi connectivity index (χ2v) is 7.16. The third kappa shape index (κ3) is 5.14. The van der Waals surface area contributed by atoms with Gasteiger partial charge < -0.3 is 10.2 Å². The molecular weight excluding hydrogens is 323 g/mol.